The fraction of sp³-hybridized carbons (Fsp3) is 0.696. The van der Waals surface area contributed by atoms with Crippen molar-refractivity contribution >= 4 is 16.0 Å². The van der Waals surface area contributed by atoms with Crippen LogP contribution in [0.15, 0.2) is 23.2 Å². The molecule has 0 amide bonds. The van der Waals surface area contributed by atoms with Crippen molar-refractivity contribution in [3.8, 4) is 5.75 Å². The molecule has 3 unspecified atom stereocenters. The van der Waals surface area contributed by atoms with Gasteiger partial charge in [0.1, 0.15) is 5.75 Å². The molecule has 7 heteroatoms. The molecule has 1 aromatic carbocycles. The molecule has 2 fully saturated rings. The van der Waals surface area contributed by atoms with E-state index in [2.05, 4.69) is 13.0 Å². The number of aliphatic hydroxyl groups excluding tert-OH is 1. The highest BCUT2D eigenvalue weighted by Gasteiger charge is 2.53. The van der Waals surface area contributed by atoms with Gasteiger partial charge in [-0.15, -0.1) is 0 Å². The van der Waals surface area contributed by atoms with Gasteiger partial charge in [0.25, 0.3) is 0 Å². The molecule has 0 heterocycles. The lowest BCUT2D eigenvalue weighted by Gasteiger charge is -2.49. The van der Waals surface area contributed by atoms with Crippen LogP contribution < -0.4 is 9.32 Å². The Morgan fingerprint density at radius 1 is 1.20 bits per heavy atom. The predicted octanol–water partition coefficient (Wildman–Crippen LogP) is 3.73. The monoisotopic (exact) mass is 434 g/mol. The summed E-state index contributed by atoms with van der Waals surface area (Å²) in [5.74, 6) is 2.20. The standard InChI is InChI=1S/C23H34N2O4S/c1-23-12-11-19-18-8-6-17(29-30(24,27)28)15-16(18)5-7-20(19)21(23)9-10-22(23)25-13-3-2-4-14-26/h6,8,15,19-21,26H,2-5,7,9-14H2,1H3,(H2,24,27,28)/t19?,20?,21?,23-/m0/s1. The number of fused-ring (bicyclic) bond motifs is 5. The molecule has 0 bridgehead atoms. The Bertz CT molecular complexity index is 914. The SMILES string of the molecule is C[C@]12CCC3c4ccc(OS(N)(=O)=O)cc4CCC3C1CCC2=NCCCCCO. The van der Waals surface area contributed by atoms with Gasteiger partial charge in [-0.1, -0.05) is 13.0 Å². The van der Waals surface area contributed by atoms with Crippen molar-refractivity contribution in [2.24, 2.45) is 27.4 Å². The lowest BCUT2D eigenvalue weighted by atomic mass is 9.55. The molecular formula is C23H34N2O4S. The molecule has 0 aliphatic heterocycles. The summed E-state index contributed by atoms with van der Waals surface area (Å²) in [6, 6.07) is 5.66. The summed E-state index contributed by atoms with van der Waals surface area (Å²) in [6.07, 6.45) is 9.76. The van der Waals surface area contributed by atoms with Crippen molar-refractivity contribution < 1.29 is 17.7 Å². The number of hydrogen-bond acceptors (Lipinski definition) is 5. The van der Waals surface area contributed by atoms with Gasteiger partial charge < -0.3 is 9.29 Å². The van der Waals surface area contributed by atoms with Gasteiger partial charge in [0.2, 0.25) is 0 Å². The molecule has 0 radical (unpaired) electrons. The second kappa shape index (κ2) is 8.60. The average Bonchev–Trinajstić information content (AvgIpc) is 3.02. The van der Waals surface area contributed by atoms with Crippen LogP contribution in [0.4, 0.5) is 0 Å². The predicted molar refractivity (Wildman–Crippen MR) is 118 cm³/mol. The third-order valence-corrected chi connectivity index (χ3v) is 8.20. The maximum atomic E-state index is 11.2. The van der Waals surface area contributed by atoms with E-state index in [1.807, 2.05) is 6.07 Å². The van der Waals surface area contributed by atoms with Crippen LogP contribution in [-0.2, 0) is 16.7 Å². The summed E-state index contributed by atoms with van der Waals surface area (Å²) in [6.45, 7) is 3.60. The molecule has 3 aliphatic rings. The minimum absolute atomic E-state index is 0.229. The number of aryl methyl sites for hydroxylation is 1. The maximum Gasteiger partial charge on any atom is 0.380 e. The van der Waals surface area contributed by atoms with Gasteiger partial charge in [0.05, 0.1) is 0 Å². The number of unbranched alkanes of at least 4 members (excludes halogenated alkanes) is 2. The highest BCUT2D eigenvalue weighted by Crippen LogP contribution is 2.60. The van der Waals surface area contributed by atoms with Gasteiger partial charge in [0, 0.05) is 24.3 Å². The minimum Gasteiger partial charge on any atom is -0.396 e. The molecule has 3 aliphatic carbocycles. The molecule has 166 valence electrons. The van der Waals surface area contributed by atoms with Crippen LogP contribution in [-0.4, -0.2) is 32.4 Å². The summed E-state index contributed by atoms with van der Waals surface area (Å²) in [4.78, 5) is 5.03. The zero-order valence-corrected chi connectivity index (χ0v) is 18.7. The van der Waals surface area contributed by atoms with Crippen LogP contribution in [0.1, 0.15) is 75.3 Å². The Hall–Kier alpha value is -1.44. The quantitative estimate of drug-likeness (QED) is 0.638. The first-order valence-corrected chi connectivity index (χ1v) is 12.8. The van der Waals surface area contributed by atoms with Gasteiger partial charge in [-0.25, -0.2) is 0 Å². The Morgan fingerprint density at radius 2 is 2.03 bits per heavy atom. The molecule has 0 spiro atoms. The lowest BCUT2D eigenvalue weighted by molar-refractivity contribution is 0.0955. The van der Waals surface area contributed by atoms with Crippen molar-refractivity contribution in [3.63, 3.8) is 0 Å². The van der Waals surface area contributed by atoms with Gasteiger partial charge in [-0.2, -0.15) is 13.6 Å². The summed E-state index contributed by atoms with van der Waals surface area (Å²) < 4.78 is 27.4. The maximum absolute atomic E-state index is 11.2. The highest BCUT2D eigenvalue weighted by molar-refractivity contribution is 7.84. The van der Waals surface area contributed by atoms with E-state index in [4.69, 9.17) is 19.4 Å². The van der Waals surface area contributed by atoms with E-state index < -0.39 is 10.3 Å². The highest BCUT2D eigenvalue weighted by atomic mass is 32.2. The fourth-order valence-corrected chi connectivity index (χ4v) is 6.78. The summed E-state index contributed by atoms with van der Waals surface area (Å²) in [7, 11) is -3.99. The summed E-state index contributed by atoms with van der Waals surface area (Å²) >= 11 is 0. The molecule has 3 N–H and O–H groups in total. The zero-order chi connectivity index (χ0) is 21.4. The largest absolute Gasteiger partial charge is 0.396 e. The Labute approximate surface area is 180 Å². The van der Waals surface area contributed by atoms with E-state index in [9.17, 15) is 8.42 Å². The van der Waals surface area contributed by atoms with E-state index in [0.717, 1.165) is 51.5 Å². The lowest BCUT2D eigenvalue weighted by Crippen LogP contribution is -2.42. The number of rotatable bonds is 7. The first-order valence-electron chi connectivity index (χ1n) is 11.3. The summed E-state index contributed by atoms with van der Waals surface area (Å²) in [5.41, 5.74) is 4.23. The second-order valence-electron chi connectivity index (χ2n) is 9.46. The normalized spacial score (nSPS) is 31.8. The van der Waals surface area contributed by atoms with Crippen molar-refractivity contribution in [1.82, 2.24) is 0 Å². The van der Waals surface area contributed by atoms with E-state index in [1.54, 1.807) is 6.07 Å². The molecule has 2 saturated carbocycles. The first kappa shape index (κ1) is 21.8. The molecule has 4 atom stereocenters. The van der Waals surface area contributed by atoms with E-state index in [0.29, 0.717) is 23.5 Å². The third kappa shape index (κ3) is 4.30. The Balaban J connectivity index is 1.49. The fourth-order valence-electron chi connectivity index (χ4n) is 6.41. The van der Waals surface area contributed by atoms with Crippen molar-refractivity contribution in [1.29, 1.82) is 0 Å². The molecule has 1 aromatic rings. The Morgan fingerprint density at radius 3 is 2.80 bits per heavy atom. The van der Waals surface area contributed by atoms with Crippen molar-refractivity contribution in [2.75, 3.05) is 13.2 Å². The van der Waals surface area contributed by atoms with E-state index in [-0.39, 0.29) is 12.0 Å². The van der Waals surface area contributed by atoms with Crippen LogP contribution in [0.5, 0.6) is 5.75 Å². The number of aliphatic imine (C=N–C) groups is 1. The van der Waals surface area contributed by atoms with Gasteiger partial charge >= 0.3 is 10.3 Å². The number of hydrogen-bond donors (Lipinski definition) is 2. The molecular weight excluding hydrogens is 400 g/mol. The smallest absolute Gasteiger partial charge is 0.380 e. The number of nitrogens with two attached hydrogens (primary N) is 1. The number of aliphatic hydroxyl groups is 1. The van der Waals surface area contributed by atoms with Gasteiger partial charge in [0.15, 0.2) is 0 Å². The summed E-state index contributed by atoms with van der Waals surface area (Å²) in [5, 5.41) is 14.0. The van der Waals surface area contributed by atoms with Crippen LogP contribution in [0.2, 0.25) is 0 Å². The average molecular weight is 435 g/mol. The molecule has 4 rings (SSSR count). The molecule has 0 saturated heterocycles. The van der Waals surface area contributed by atoms with Gasteiger partial charge in [-0.3, -0.25) is 4.99 Å². The molecule has 30 heavy (non-hydrogen) atoms. The van der Waals surface area contributed by atoms with E-state index in [1.165, 1.54) is 29.7 Å². The second-order valence-corrected chi connectivity index (χ2v) is 10.6. The van der Waals surface area contributed by atoms with Crippen molar-refractivity contribution in [3.05, 3.63) is 29.3 Å². The van der Waals surface area contributed by atoms with Crippen LogP contribution in [0.3, 0.4) is 0 Å². The minimum atomic E-state index is -3.99. The number of nitrogens with zero attached hydrogens (tertiary/aromatic N) is 1. The first-order chi connectivity index (χ1) is 14.3. The van der Waals surface area contributed by atoms with Crippen LogP contribution >= 0.6 is 0 Å². The van der Waals surface area contributed by atoms with Crippen molar-refractivity contribution in [2.45, 2.75) is 70.6 Å². The van der Waals surface area contributed by atoms with E-state index >= 15 is 0 Å². The van der Waals surface area contributed by atoms with Gasteiger partial charge in [-0.05, 0) is 98.8 Å². The topological polar surface area (TPSA) is 102 Å². The van der Waals surface area contributed by atoms with Crippen LogP contribution in [0.25, 0.3) is 0 Å². The Kier molecular flexibility index (Phi) is 6.24. The molecule has 6 nitrogen and oxygen atoms in total. The zero-order valence-electron chi connectivity index (χ0n) is 17.8. The molecule has 0 aromatic heterocycles. The third-order valence-electron chi connectivity index (χ3n) is 7.77. The number of benzene rings is 1. The van der Waals surface area contributed by atoms with Crippen LogP contribution in [0, 0.1) is 17.3 Å².